The van der Waals surface area contributed by atoms with Gasteiger partial charge in [-0.05, 0) is 19.1 Å². The molecular formula is C23H25F5N2O6. The van der Waals surface area contributed by atoms with E-state index < -0.39 is 65.7 Å². The minimum absolute atomic E-state index is 0.0417. The quantitative estimate of drug-likeness (QED) is 0.459. The van der Waals surface area contributed by atoms with Gasteiger partial charge in [0.05, 0.1) is 13.7 Å². The molecule has 0 bridgehead atoms. The molecule has 2 heterocycles. The fraction of sp³-hybridized carbons (Fsp3) is 0.478. The number of pyridine rings is 1. The molecular weight excluding hydrogens is 495 g/mol. The maximum Gasteiger partial charge on any atom is 0.417 e. The van der Waals surface area contributed by atoms with Crippen molar-refractivity contribution in [2.75, 3.05) is 25.6 Å². The number of nitrogens with zero attached hydrogens (tertiary/aromatic N) is 1. The predicted octanol–water partition coefficient (Wildman–Crippen LogP) is 3.18. The highest BCUT2D eigenvalue weighted by molar-refractivity contribution is 5.95. The van der Waals surface area contributed by atoms with Crippen molar-refractivity contribution >= 4 is 11.6 Å². The zero-order chi connectivity index (χ0) is 26.8. The van der Waals surface area contributed by atoms with Crippen LogP contribution in [0.3, 0.4) is 0 Å². The Hall–Kier alpha value is -3.03. The van der Waals surface area contributed by atoms with E-state index in [1.807, 2.05) is 0 Å². The molecule has 8 nitrogen and oxygen atoms in total. The Morgan fingerprint density at radius 3 is 2.61 bits per heavy atom. The Balaban J connectivity index is 1.96. The maximum atomic E-state index is 14.4. The number of nitrogens with one attached hydrogen (secondary N) is 1. The van der Waals surface area contributed by atoms with E-state index in [4.69, 9.17) is 19.3 Å². The Labute approximate surface area is 203 Å². The van der Waals surface area contributed by atoms with Crippen molar-refractivity contribution in [1.29, 1.82) is 0 Å². The third kappa shape index (κ3) is 5.22. The van der Waals surface area contributed by atoms with Gasteiger partial charge in [0.25, 0.3) is 5.91 Å². The number of carbonyl (C=O) groups is 1. The summed E-state index contributed by atoms with van der Waals surface area (Å²) >= 11 is 0. The summed E-state index contributed by atoms with van der Waals surface area (Å²) in [6.07, 6.45) is -6.59. The second kappa shape index (κ2) is 10.5. The van der Waals surface area contributed by atoms with Crippen LogP contribution < -0.4 is 14.8 Å². The third-order valence-corrected chi connectivity index (χ3v) is 6.21. The molecule has 1 aromatic carbocycles. The first-order valence-electron chi connectivity index (χ1n) is 10.8. The summed E-state index contributed by atoms with van der Waals surface area (Å²) in [5.41, 5.74) is -2.87. The molecule has 13 heteroatoms. The van der Waals surface area contributed by atoms with Gasteiger partial charge in [-0.25, -0.2) is 9.37 Å². The highest BCUT2D eigenvalue weighted by Crippen LogP contribution is 2.55. The number of rotatable bonds is 8. The topological polar surface area (TPSA) is 110 Å². The number of aromatic nitrogens is 1. The largest absolute Gasteiger partial charge is 0.493 e. The number of carbonyl (C=O) groups excluding carboxylic acids is 1. The lowest BCUT2D eigenvalue weighted by Gasteiger charge is -2.32. The Morgan fingerprint density at radius 1 is 1.31 bits per heavy atom. The summed E-state index contributed by atoms with van der Waals surface area (Å²) in [4.78, 5) is 17.1. The Kier molecular flexibility index (Phi) is 8.06. The number of aliphatic hydroxyl groups excluding tert-OH is 2. The summed E-state index contributed by atoms with van der Waals surface area (Å²) in [5, 5.41) is 20.7. The van der Waals surface area contributed by atoms with Crippen molar-refractivity contribution in [2.24, 2.45) is 5.92 Å². The maximum absolute atomic E-state index is 14.4. The van der Waals surface area contributed by atoms with E-state index in [9.17, 15) is 31.9 Å². The monoisotopic (exact) mass is 520 g/mol. The molecule has 2 aromatic rings. The lowest BCUT2D eigenvalue weighted by molar-refractivity contribution is -0.272. The van der Waals surface area contributed by atoms with E-state index in [0.717, 1.165) is 26.2 Å². The first kappa shape index (κ1) is 27.6. The summed E-state index contributed by atoms with van der Waals surface area (Å²) in [7, 11) is 1.03. The molecule has 3 N–H and O–H groups in total. The van der Waals surface area contributed by atoms with E-state index in [2.05, 4.69) is 10.3 Å². The average Bonchev–Trinajstić information content (AvgIpc) is 3.11. The number of amides is 1. The van der Waals surface area contributed by atoms with Crippen LogP contribution in [-0.4, -0.2) is 65.4 Å². The van der Waals surface area contributed by atoms with Crippen LogP contribution in [0.1, 0.15) is 25.3 Å². The highest BCUT2D eigenvalue weighted by atomic mass is 19.4. The van der Waals surface area contributed by atoms with Crippen molar-refractivity contribution in [3.8, 4) is 11.6 Å². The number of methoxy groups -OCH3 is 1. The molecule has 5 unspecified atom stereocenters. The number of anilines is 1. The number of hydrogen-bond donors (Lipinski definition) is 3. The van der Waals surface area contributed by atoms with Crippen LogP contribution in [0.5, 0.6) is 11.6 Å². The van der Waals surface area contributed by atoms with Crippen molar-refractivity contribution in [3.05, 3.63) is 47.7 Å². The minimum Gasteiger partial charge on any atom is -0.493 e. The minimum atomic E-state index is -4.89. The Morgan fingerprint density at radius 2 is 2.00 bits per heavy atom. The number of hydrogen-bond acceptors (Lipinski definition) is 7. The molecule has 0 aliphatic carbocycles. The summed E-state index contributed by atoms with van der Waals surface area (Å²) < 4.78 is 85.7. The first-order chi connectivity index (χ1) is 16.8. The second-order valence-electron chi connectivity index (χ2n) is 8.46. The Bertz CT molecular complexity index is 1100. The van der Waals surface area contributed by atoms with E-state index >= 15 is 0 Å². The van der Waals surface area contributed by atoms with Gasteiger partial charge >= 0.3 is 6.18 Å². The molecule has 198 valence electrons. The van der Waals surface area contributed by atoms with Gasteiger partial charge in [0.2, 0.25) is 11.7 Å². The summed E-state index contributed by atoms with van der Waals surface area (Å²) in [6, 6.07) is 4.39. The molecule has 0 spiro atoms. The van der Waals surface area contributed by atoms with E-state index in [1.165, 1.54) is 25.3 Å². The molecule has 1 amide bonds. The normalized spacial score (nSPS) is 24.9. The van der Waals surface area contributed by atoms with Crippen molar-refractivity contribution in [2.45, 2.75) is 43.8 Å². The molecule has 1 fully saturated rings. The first-order valence-corrected chi connectivity index (χ1v) is 10.8. The van der Waals surface area contributed by atoms with Gasteiger partial charge in [-0.2, -0.15) is 17.6 Å². The van der Waals surface area contributed by atoms with Crippen molar-refractivity contribution < 1.29 is 51.2 Å². The van der Waals surface area contributed by atoms with Crippen LogP contribution >= 0.6 is 0 Å². The second-order valence-corrected chi connectivity index (χ2v) is 8.46. The number of benzene rings is 1. The fourth-order valence-electron chi connectivity index (χ4n) is 4.05. The van der Waals surface area contributed by atoms with Crippen LogP contribution in [0.2, 0.25) is 0 Å². The van der Waals surface area contributed by atoms with Gasteiger partial charge in [-0.15, -0.1) is 0 Å². The van der Waals surface area contributed by atoms with Crippen LogP contribution in [0.4, 0.5) is 27.6 Å². The number of alkyl halides is 3. The molecule has 36 heavy (non-hydrogen) atoms. The van der Waals surface area contributed by atoms with E-state index in [0.29, 0.717) is 0 Å². The molecule has 5 atom stereocenters. The van der Waals surface area contributed by atoms with E-state index in [-0.39, 0.29) is 23.7 Å². The zero-order valence-corrected chi connectivity index (χ0v) is 19.5. The summed E-state index contributed by atoms with van der Waals surface area (Å²) in [5.74, 6) is -7.08. The van der Waals surface area contributed by atoms with Crippen molar-refractivity contribution in [3.63, 3.8) is 0 Å². The molecule has 1 saturated heterocycles. The van der Waals surface area contributed by atoms with Gasteiger partial charge in [-0.1, -0.05) is 13.0 Å². The number of halogens is 5. The standard InChI is InChI=1S/C23H25F5N2O6/c1-11-17(14-4-5-15(24)18(25)19(14)34-3)20(36-22(11,2)23(26,27)28)21(33)30-12-6-7-29-16(8-12)35-10-13(32)9-31/h4-8,11,13,17,20,31-32H,9-10H2,1-3H3,(H,29,30,33). The van der Waals surface area contributed by atoms with Gasteiger partial charge in [0.15, 0.2) is 17.2 Å². The van der Waals surface area contributed by atoms with Gasteiger partial charge in [0.1, 0.15) is 18.8 Å². The van der Waals surface area contributed by atoms with Crippen LogP contribution in [-0.2, 0) is 9.53 Å². The smallest absolute Gasteiger partial charge is 0.417 e. The molecule has 3 rings (SSSR count). The van der Waals surface area contributed by atoms with Gasteiger partial charge < -0.3 is 29.7 Å². The van der Waals surface area contributed by atoms with Crippen LogP contribution in [0.15, 0.2) is 30.5 Å². The molecule has 1 aromatic heterocycles. The third-order valence-electron chi connectivity index (χ3n) is 6.21. The highest BCUT2D eigenvalue weighted by Gasteiger charge is 2.65. The molecule has 1 aliphatic rings. The van der Waals surface area contributed by atoms with Gasteiger partial charge in [-0.3, -0.25) is 4.79 Å². The average molecular weight is 520 g/mol. The predicted molar refractivity (Wildman–Crippen MR) is 116 cm³/mol. The van der Waals surface area contributed by atoms with Crippen LogP contribution in [0, 0.1) is 17.6 Å². The van der Waals surface area contributed by atoms with Crippen LogP contribution in [0.25, 0.3) is 0 Å². The number of ether oxygens (including phenoxy) is 3. The SMILES string of the molecule is COc1c(C2C(C(=O)Nc3ccnc(OCC(O)CO)c3)OC(C)(C(F)(F)F)C2C)ccc(F)c1F. The zero-order valence-electron chi connectivity index (χ0n) is 19.5. The molecule has 1 aliphatic heterocycles. The molecule has 0 radical (unpaired) electrons. The molecule has 0 saturated carbocycles. The van der Waals surface area contributed by atoms with Crippen molar-refractivity contribution in [1.82, 2.24) is 4.98 Å². The lowest BCUT2D eigenvalue weighted by Crippen LogP contribution is -2.47. The number of aliphatic hydroxyl groups is 2. The lowest BCUT2D eigenvalue weighted by atomic mass is 9.77. The summed E-state index contributed by atoms with van der Waals surface area (Å²) in [6.45, 7) is 1.14. The van der Waals surface area contributed by atoms with Gasteiger partial charge in [0, 0.05) is 35.3 Å². The van der Waals surface area contributed by atoms with E-state index in [1.54, 1.807) is 0 Å². The fourth-order valence-corrected chi connectivity index (χ4v) is 4.05.